The molecule has 1 aliphatic heterocycles. The lowest BCUT2D eigenvalue weighted by atomic mass is 10.1. The first-order chi connectivity index (χ1) is 16.0. The van der Waals surface area contributed by atoms with Crippen molar-refractivity contribution >= 4 is 36.5 Å². The molecule has 3 aromatic heterocycles. The van der Waals surface area contributed by atoms with Crippen molar-refractivity contribution in [3.8, 4) is 0 Å². The minimum absolute atomic E-state index is 0.0366. The minimum atomic E-state index is -4.34. The molecule has 0 aromatic carbocycles. The quantitative estimate of drug-likeness (QED) is 0.186. The van der Waals surface area contributed by atoms with E-state index in [0.717, 1.165) is 22.4 Å². The van der Waals surface area contributed by atoms with Crippen LogP contribution in [0.15, 0.2) is 30.2 Å². The largest absolute Gasteiger partial charge is 0.437 e. The molecule has 1 aliphatic rings. The summed E-state index contributed by atoms with van der Waals surface area (Å²) in [4.78, 5) is 25.8. The van der Waals surface area contributed by atoms with Crippen molar-refractivity contribution in [3.63, 3.8) is 0 Å². The SMILES string of the molecule is Nc1nc(SCCC(F)(F)F)nc2c1ncn2[C@@H]1O[C@H](COP(=O)(O)n2ccnc2)[C@@H](O)[C@H]1O. The molecule has 0 bridgehead atoms. The number of rotatable bonds is 8. The number of nitrogens with two attached hydrogens (primary N) is 1. The first-order valence-electron chi connectivity index (χ1n) is 9.63. The molecule has 34 heavy (non-hydrogen) atoms. The molecule has 1 fully saturated rings. The Morgan fingerprint density at radius 3 is 2.71 bits per heavy atom. The molecule has 0 aliphatic carbocycles. The minimum Gasteiger partial charge on any atom is -0.387 e. The van der Waals surface area contributed by atoms with Gasteiger partial charge in [-0.25, -0.2) is 28.8 Å². The molecule has 18 heteroatoms. The topological polar surface area (TPSA) is 184 Å². The molecular formula is C16H19F3N7O6PS. The average molecular weight is 525 g/mol. The smallest absolute Gasteiger partial charge is 0.387 e. The summed E-state index contributed by atoms with van der Waals surface area (Å²) < 4.78 is 62.3. The molecule has 0 radical (unpaired) electrons. The summed E-state index contributed by atoms with van der Waals surface area (Å²) >= 11 is 0.740. The first kappa shape index (κ1) is 24.8. The number of aliphatic hydroxyl groups is 2. The van der Waals surface area contributed by atoms with Gasteiger partial charge in [-0.3, -0.25) is 9.09 Å². The highest BCUT2D eigenvalue weighted by Crippen LogP contribution is 2.44. The number of nitrogen functional groups attached to an aromatic ring is 1. The van der Waals surface area contributed by atoms with Crippen LogP contribution in [0.5, 0.6) is 0 Å². The molecule has 5 N–H and O–H groups in total. The van der Waals surface area contributed by atoms with Crippen molar-refractivity contribution in [3.05, 3.63) is 25.0 Å². The lowest BCUT2D eigenvalue weighted by molar-refractivity contribution is -0.129. The van der Waals surface area contributed by atoms with E-state index in [9.17, 15) is 32.8 Å². The van der Waals surface area contributed by atoms with E-state index in [2.05, 4.69) is 19.9 Å². The molecule has 186 valence electrons. The molecule has 5 atom stereocenters. The van der Waals surface area contributed by atoms with E-state index >= 15 is 0 Å². The maximum Gasteiger partial charge on any atom is 0.437 e. The third-order valence-corrected chi connectivity index (χ3v) is 7.00. The van der Waals surface area contributed by atoms with Gasteiger partial charge in [-0.1, -0.05) is 11.8 Å². The Hall–Kier alpha value is -2.27. The van der Waals surface area contributed by atoms with Gasteiger partial charge >= 0.3 is 13.9 Å². The van der Waals surface area contributed by atoms with E-state index < -0.39 is 51.5 Å². The van der Waals surface area contributed by atoms with Crippen LogP contribution in [0.3, 0.4) is 0 Å². The molecule has 4 heterocycles. The summed E-state index contributed by atoms with van der Waals surface area (Å²) in [5.74, 6) is -0.422. The van der Waals surface area contributed by atoms with Crippen LogP contribution in [0.1, 0.15) is 12.6 Å². The van der Waals surface area contributed by atoms with Crippen molar-refractivity contribution in [1.29, 1.82) is 0 Å². The number of anilines is 1. The molecule has 1 saturated heterocycles. The number of aromatic nitrogens is 6. The van der Waals surface area contributed by atoms with Crippen LogP contribution < -0.4 is 5.73 Å². The van der Waals surface area contributed by atoms with Crippen LogP contribution in [0.2, 0.25) is 0 Å². The van der Waals surface area contributed by atoms with Crippen molar-refractivity contribution in [2.45, 2.75) is 42.3 Å². The van der Waals surface area contributed by atoms with Gasteiger partial charge in [0.1, 0.15) is 30.2 Å². The maximum atomic E-state index is 12.4. The molecule has 1 unspecified atom stereocenters. The lowest BCUT2D eigenvalue weighted by Crippen LogP contribution is -2.33. The van der Waals surface area contributed by atoms with Gasteiger partial charge in [-0.2, -0.15) is 13.2 Å². The number of nitrogens with zero attached hydrogens (tertiary/aromatic N) is 6. The van der Waals surface area contributed by atoms with Gasteiger partial charge in [0.25, 0.3) is 0 Å². The second kappa shape index (κ2) is 9.41. The lowest BCUT2D eigenvalue weighted by Gasteiger charge is -2.18. The molecule has 13 nitrogen and oxygen atoms in total. The summed E-state index contributed by atoms with van der Waals surface area (Å²) in [6.07, 6.45) is -6.08. The van der Waals surface area contributed by atoms with Crippen molar-refractivity contribution in [2.75, 3.05) is 18.1 Å². The van der Waals surface area contributed by atoms with Gasteiger partial charge in [0.2, 0.25) is 0 Å². The standard InChI is InChI=1S/C16H19F3N7O6PS/c17-16(18,19)1-4-34-15-23-12(20)9-13(24-15)26(7-22-9)14-11(28)10(27)8(32-14)5-31-33(29,30)25-3-2-21-6-25/h2-3,6-8,10-11,14,27-28H,1,4-5H2,(H,29,30)(H2,20,23,24)/t8-,10-,11-,14-/m1/s1. The highest BCUT2D eigenvalue weighted by atomic mass is 32.2. The van der Waals surface area contributed by atoms with Crippen LogP contribution in [-0.4, -0.2) is 80.8 Å². The third-order valence-electron chi connectivity index (χ3n) is 4.85. The number of aliphatic hydroxyl groups excluding tert-OH is 2. The zero-order valence-electron chi connectivity index (χ0n) is 17.1. The summed E-state index contributed by atoms with van der Waals surface area (Å²) in [6, 6.07) is 0. The highest BCUT2D eigenvalue weighted by molar-refractivity contribution is 7.99. The third kappa shape index (κ3) is 5.19. The second-order valence-electron chi connectivity index (χ2n) is 7.20. The number of halogens is 3. The van der Waals surface area contributed by atoms with E-state index in [1.54, 1.807) is 0 Å². The first-order valence-corrected chi connectivity index (χ1v) is 12.2. The Balaban J connectivity index is 1.51. The Morgan fingerprint density at radius 1 is 1.26 bits per heavy atom. The number of hydrogen-bond acceptors (Lipinski definition) is 11. The van der Waals surface area contributed by atoms with Gasteiger partial charge in [0.05, 0.1) is 19.4 Å². The van der Waals surface area contributed by atoms with Crippen LogP contribution in [-0.2, 0) is 13.8 Å². The molecule has 0 saturated carbocycles. The summed E-state index contributed by atoms with van der Waals surface area (Å²) in [7, 11) is -4.31. The molecule has 4 rings (SSSR count). The van der Waals surface area contributed by atoms with Crippen LogP contribution >= 0.6 is 19.5 Å². The normalized spacial score (nSPS) is 25.1. The van der Waals surface area contributed by atoms with E-state index in [1.807, 2.05) is 0 Å². The Kier molecular flexibility index (Phi) is 6.87. The van der Waals surface area contributed by atoms with Crippen molar-refractivity contribution in [1.82, 2.24) is 28.8 Å². The number of hydrogen-bond donors (Lipinski definition) is 4. The Morgan fingerprint density at radius 2 is 2.03 bits per heavy atom. The molecule has 3 aromatic rings. The molecular weight excluding hydrogens is 506 g/mol. The van der Waals surface area contributed by atoms with Crippen molar-refractivity contribution < 1.29 is 42.1 Å². The van der Waals surface area contributed by atoms with E-state index in [4.69, 9.17) is 15.0 Å². The number of thioether (sulfide) groups is 1. The fourth-order valence-electron chi connectivity index (χ4n) is 3.16. The van der Waals surface area contributed by atoms with Crippen LogP contribution in [0.25, 0.3) is 11.2 Å². The zero-order chi connectivity index (χ0) is 24.7. The summed E-state index contributed by atoms with van der Waals surface area (Å²) in [5.41, 5.74) is 6.03. The van der Waals surface area contributed by atoms with Gasteiger partial charge in [0, 0.05) is 18.1 Å². The van der Waals surface area contributed by atoms with Gasteiger partial charge in [-0.15, -0.1) is 0 Å². The predicted molar refractivity (Wildman–Crippen MR) is 110 cm³/mol. The molecule has 0 spiro atoms. The maximum absolute atomic E-state index is 12.4. The molecule has 0 amide bonds. The Bertz CT molecular complexity index is 1200. The summed E-state index contributed by atoms with van der Waals surface area (Å²) in [5, 5.41) is 20.9. The fourth-order valence-corrected chi connectivity index (χ4v) is 4.88. The summed E-state index contributed by atoms with van der Waals surface area (Å²) in [6.45, 7) is -0.553. The van der Waals surface area contributed by atoms with E-state index in [-0.39, 0.29) is 27.9 Å². The van der Waals surface area contributed by atoms with Crippen LogP contribution in [0.4, 0.5) is 19.0 Å². The van der Waals surface area contributed by atoms with E-state index in [0.29, 0.717) is 0 Å². The monoisotopic (exact) mass is 525 g/mol. The van der Waals surface area contributed by atoms with E-state index in [1.165, 1.54) is 23.3 Å². The predicted octanol–water partition coefficient (Wildman–Crippen LogP) is 0.934. The zero-order valence-corrected chi connectivity index (χ0v) is 18.8. The highest BCUT2D eigenvalue weighted by Gasteiger charge is 2.45. The van der Waals surface area contributed by atoms with Crippen LogP contribution in [0, 0.1) is 0 Å². The fraction of sp³-hybridized carbons (Fsp3) is 0.500. The Labute approximate surface area is 193 Å². The number of ether oxygens (including phenoxy) is 1. The number of alkyl halides is 3. The average Bonchev–Trinajstić information content (AvgIpc) is 3.48. The number of imidazole rings is 2. The van der Waals surface area contributed by atoms with Gasteiger partial charge < -0.3 is 25.6 Å². The van der Waals surface area contributed by atoms with Crippen molar-refractivity contribution in [2.24, 2.45) is 0 Å². The number of fused-ring (bicyclic) bond motifs is 1. The second-order valence-corrected chi connectivity index (χ2v) is 9.97. The van der Waals surface area contributed by atoms with Gasteiger partial charge in [-0.05, 0) is 0 Å². The van der Waals surface area contributed by atoms with Gasteiger partial charge in [0.15, 0.2) is 22.8 Å².